The normalized spacial score (nSPS) is 27.2. The summed E-state index contributed by atoms with van der Waals surface area (Å²) in [5, 5.41) is 0.00601. The number of nitrogens with zero attached hydrogens (tertiary/aromatic N) is 2. The Kier molecular flexibility index (Phi) is 7.73. The Morgan fingerprint density at radius 3 is 2.66 bits per heavy atom. The molecule has 1 aromatic carbocycles. The zero-order valence-corrected chi connectivity index (χ0v) is 24.0. The summed E-state index contributed by atoms with van der Waals surface area (Å²) in [6.07, 6.45) is 5.93. The minimum Gasteiger partial charge on any atom is -0.497 e. The van der Waals surface area contributed by atoms with E-state index < -0.39 is 11.6 Å². The molecule has 1 aromatic rings. The summed E-state index contributed by atoms with van der Waals surface area (Å²) in [5.74, 6) is 2.36. The maximum atomic E-state index is 14.2. The van der Waals surface area contributed by atoms with Gasteiger partial charge in [-0.15, -0.1) is 0 Å². The molecule has 4 atom stereocenters. The first-order valence-electron chi connectivity index (χ1n) is 13.8. The van der Waals surface area contributed by atoms with E-state index in [4.69, 9.17) is 18.9 Å². The largest absolute Gasteiger partial charge is 0.497 e. The van der Waals surface area contributed by atoms with E-state index in [1.165, 1.54) is 17.3 Å². The van der Waals surface area contributed by atoms with Gasteiger partial charge in [-0.3, -0.25) is 19.4 Å². The molecule has 4 aliphatic rings. The number of rotatable bonds is 9. The second-order valence-corrected chi connectivity index (χ2v) is 12.3. The lowest BCUT2D eigenvalue weighted by Crippen LogP contribution is -2.55. The molecule has 38 heavy (non-hydrogen) atoms. The van der Waals surface area contributed by atoms with Crippen LogP contribution >= 0.6 is 11.8 Å². The lowest BCUT2D eigenvalue weighted by Gasteiger charge is -2.41. The number of thioether (sulfide) groups is 1. The van der Waals surface area contributed by atoms with Crippen molar-refractivity contribution >= 4 is 22.8 Å². The van der Waals surface area contributed by atoms with E-state index in [2.05, 4.69) is 23.1 Å². The zero-order chi connectivity index (χ0) is 27.1. The SMILES string of the molecule is CCC[C@](CC(=O)SCC)(C(=O)O[C@@H]1C(OC)=C[C@]23CCCN2CCc2cc4c(cc2[C@H]13)OCO4)N(C)C. The Morgan fingerprint density at radius 2 is 1.97 bits per heavy atom. The highest BCUT2D eigenvalue weighted by Gasteiger charge is 2.59. The number of hydrogen-bond donors (Lipinski definition) is 0. The number of methoxy groups -OCH3 is 1. The van der Waals surface area contributed by atoms with Crippen LogP contribution in [0.15, 0.2) is 24.0 Å². The molecule has 0 N–H and O–H groups in total. The van der Waals surface area contributed by atoms with Crippen LogP contribution in [-0.2, 0) is 25.5 Å². The second kappa shape index (κ2) is 10.7. The van der Waals surface area contributed by atoms with Crippen LogP contribution in [0, 0.1) is 0 Å². The van der Waals surface area contributed by atoms with Crippen molar-refractivity contribution in [3.63, 3.8) is 0 Å². The summed E-state index contributed by atoms with van der Waals surface area (Å²) >= 11 is 1.26. The van der Waals surface area contributed by atoms with Gasteiger partial charge in [-0.1, -0.05) is 32.0 Å². The van der Waals surface area contributed by atoms with E-state index in [9.17, 15) is 9.59 Å². The minimum atomic E-state index is -1.04. The molecule has 0 unspecified atom stereocenters. The Hall–Kier alpha value is -2.23. The number of carbonyl (C=O) groups is 2. The van der Waals surface area contributed by atoms with Crippen LogP contribution in [0.5, 0.6) is 11.5 Å². The molecule has 3 aliphatic heterocycles. The van der Waals surface area contributed by atoms with Crippen molar-refractivity contribution < 1.29 is 28.5 Å². The van der Waals surface area contributed by atoms with Gasteiger partial charge in [0.1, 0.15) is 11.3 Å². The van der Waals surface area contributed by atoms with Gasteiger partial charge in [0.25, 0.3) is 0 Å². The van der Waals surface area contributed by atoms with Crippen LogP contribution in [0.4, 0.5) is 0 Å². The first kappa shape index (κ1) is 27.3. The van der Waals surface area contributed by atoms with Crippen LogP contribution in [0.25, 0.3) is 0 Å². The predicted octanol–water partition coefficient (Wildman–Crippen LogP) is 4.12. The number of carbonyl (C=O) groups excluding carboxylic acids is 2. The Balaban J connectivity index is 1.57. The lowest BCUT2D eigenvalue weighted by atomic mass is 9.77. The summed E-state index contributed by atoms with van der Waals surface area (Å²) in [5.41, 5.74) is 0.986. The van der Waals surface area contributed by atoms with Crippen molar-refractivity contribution in [1.82, 2.24) is 9.80 Å². The van der Waals surface area contributed by atoms with Gasteiger partial charge in [0.2, 0.25) is 6.79 Å². The molecule has 1 fully saturated rings. The molecule has 8 nitrogen and oxygen atoms in total. The average molecular weight is 545 g/mol. The Morgan fingerprint density at radius 1 is 1.21 bits per heavy atom. The lowest BCUT2D eigenvalue weighted by molar-refractivity contribution is -0.165. The second-order valence-electron chi connectivity index (χ2n) is 10.9. The van der Waals surface area contributed by atoms with Crippen molar-refractivity contribution in [2.24, 2.45) is 0 Å². The zero-order valence-electron chi connectivity index (χ0n) is 23.2. The summed E-state index contributed by atoms with van der Waals surface area (Å²) in [6, 6.07) is 4.19. The number of benzene rings is 1. The van der Waals surface area contributed by atoms with Gasteiger partial charge in [-0.05, 0) is 81.4 Å². The highest BCUT2D eigenvalue weighted by molar-refractivity contribution is 8.13. The number of ether oxygens (including phenoxy) is 4. The van der Waals surface area contributed by atoms with Gasteiger partial charge in [-0.2, -0.15) is 0 Å². The van der Waals surface area contributed by atoms with Gasteiger partial charge in [0, 0.05) is 13.0 Å². The fourth-order valence-electron chi connectivity index (χ4n) is 7.01. The van der Waals surface area contributed by atoms with Crippen LogP contribution in [0.3, 0.4) is 0 Å². The molecule has 0 radical (unpaired) electrons. The van der Waals surface area contributed by atoms with E-state index in [1.54, 1.807) is 7.11 Å². The van der Waals surface area contributed by atoms with Crippen molar-refractivity contribution in [3.8, 4) is 11.5 Å². The maximum absolute atomic E-state index is 14.2. The molecular formula is C29H40N2O6S. The summed E-state index contributed by atoms with van der Waals surface area (Å²) in [4.78, 5) is 31.5. The standard InChI is InChI=1S/C29H40N2O6S/c1-6-10-29(30(3)4,17-24(32)38-7-2)27(33)37-26-23(34-5)16-28-11-8-12-31(28)13-9-19-14-21-22(36-18-35-21)15-20(19)25(26)28/h14-16,25-26H,6-13,17-18H2,1-5H3/t25-,26-,28+,29+/m1/s1. The molecule has 0 saturated carbocycles. The first-order valence-corrected chi connectivity index (χ1v) is 14.8. The van der Waals surface area contributed by atoms with Gasteiger partial charge in [-0.25, -0.2) is 0 Å². The van der Waals surface area contributed by atoms with Gasteiger partial charge in [0.15, 0.2) is 22.7 Å². The van der Waals surface area contributed by atoms with E-state index in [-0.39, 0.29) is 35.8 Å². The van der Waals surface area contributed by atoms with Crippen molar-refractivity contribution in [2.45, 2.75) is 75.5 Å². The molecule has 9 heteroatoms. The highest BCUT2D eigenvalue weighted by Crippen LogP contribution is 2.55. The molecule has 3 heterocycles. The van der Waals surface area contributed by atoms with E-state index >= 15 is 0 Å². The van der Waals surface area contributed by atoms with Crippen molar-refractivity contribution in [1.29, 1.82) is 0 Å². The molecule has 1 saturated heterocycles. The molecule has 0 aromatic heterocycles. The molecule has 0 bridgehead atoms. The molecule has 1 spiro atoms. The number of hydrogen-bond acceptors (Lipinski definition) is 9. The average Bonchev–Trinajstić information content (AvgIpc) is 3.57. The van der Waals surface area contributed by atoms with E-state index in [0.29, 0.717) is 17.9 Å². The smallest absolute Gasteiger partial charge is 0.327 e. The topological polar surface area (TPSA) is 77.5 Å². The van der Waals surface area contributed by atoms with E-state index in [0.717, 1.165) is 55.8 Å². The summed E-state index contributed by atoms with van der Waals surface area (Å²) in [6.45, 7) is 6.11. The van der Waals surface area contributed by atoms with E-state index in [1.807, 2.05) is 32.8 Å². The first-order chi connectivity index (χ1) is 18.3. The number of fused-ring (bicyclic) bond motifs is 3. The Labute approximate surface area is 230 Å². The van der Waals surface area contributed by atoms with Gasteiger partial charge in [0.05, 0.1) is 18.6 Å². The molecule has 208 valence electrons. The third-order valence-electron chi connectivity index (χ3n) is 8.84. The van der Waals surface area contributed by atoms with Crippen LogP contribution in [-0.4, -0.2) is 84.9 Å². The fraction of sp³-hybridized carbons (Fsp3) is 0.655. The Bertz CT molecular complexity index is 1120. The molecule has 5 rings (SSSR count). The monoisotopic (exact) mass is 544 g/mol. The molecule has 0 amide bonds. The van der Waals surface area contributed by atoms with Gasteiger partial charge < -0.3 is 18.9 Å². The predicted molar refractivity (Wildman–Crippen MR) is 147 cm³/mol. The fourth-order valence-corrected chi connectivity index (χ4v) is 7.67. The van der Waals surface area contributed by atoms with Gasteiger partial charge >= 0.3 is 5.97 Å². The van der Waals surface area contributed by atoms with Crippen molar-refractivity contribution in [3.05, 3.63) is 35.1 Å². The number of likely N-dealkylation sites (N-methyl/N-ethyl adjacent to an activating group) is 1. The number of esters is 1. The molecular weight excluding hydrogens is 504 g/mol. The highest BCUT2D eigenvalue weighted by atomic mass is 32.2. The van der Waals surface area contributed by atoms with Crippen LogP contribution in [0.1, 0.15) is 63.0 Å². The summed E-state index contributed by atoms with van der Waals surface area (Å²) < 4.78 is 24.0. The van der Waals surface area contributed by atoms with Crippen molar-refractivity contribution in [2.75, 3.05) is 46.8 Å². The van der Waals surface area contributed by atoms with Crippen LogP contribution in [0.2, 0.25) is 0 Å². The quantitative estimate of drug-likeness (QED) is 0.427. The molecule has 1 aliphatic carbocycles. The maximum Gasteiger partial charge on any atom is 0.327 e. The summed E-state index contributed by atoms with van der Waals surface area (Å²) in [7, 11) is 5.38. The third-order valence-corrected chi connectivity index (χ3v) is 9.59. The minimum absolute atomic E-state index is 0.00601. The third kappa shape index (κ3) is 4.40. The van der Waals surface area contributed by atoms with Crippen LogP contribution < -0.4 is 9.47 Å².